The molecule has 0 spiro atoms. The Hall–Kier alpha value is -3.08. The zero-order valence-electron chi connectivity index (χ0n) is 17.8. The lowest BCUT2D eigenvalue weighted by Crippen LogP contribution is -2.47. The molecule has 2 N–H and O–H groups in total. The number of carbonyl (C=O) groups excluding carboxylic acids is 2. The van der Waals surface area contributed by atoms with Gasteiger partial charge >= 0.3 is 6.09 Å². The van der Waals surface area contributed by atoms with E-state index in [-0.39, 0.29) is 6.61 Å². The number of thiophene rings is 1. The van der Waals surface area contributed by atoms with E-state index in [0.717, 1.165) is 49.5 Å². The minimum atomic E-state index is -0.698. The fraction of sp³-hybridized carbons (Fsp3) is 0.364. The lowest BCUT2D eigenvalue weighted by molar-refractivity contribution is 0.0830. The first kappa shape index (κ1) is 22.1. The second-order valence-corrected chi connectivity index (χ2v) is 8.18. The number of rotatable bonds is 7. The molecule has 0 atom stereocenters. The van der Waals surface area contributed by atoms with Crippen LogP contribution >= 0.6 is 11.3 Å². The molecule has 3 heterocycles. The Morgan fingerprint density at radius 3 is 2.66 bits per heavy atom. The second kappa shape index (κ2) is 10.5. The molecule has 10 heteroatoms. The lowest BCUT2D eigenvalue weighted by atomic mass is 10.2. The Kier molecular flexibility index (Phi) is 7.25. The summed E-state index contributed by atoms with van der Waals surface area (Å²) in [6.07, 6.45) is -0.698. The number of nitrogens with one attached hydrogen (secondary N) is 2. The Bertz CT molecular complexity index is 1020. The highest BCUT2D eigenvalue weighted by molar-refractivity contribution is 7.08. The van der Waals surface area contributed by atoms with Crippen molar-refractivity contribution in [2.24, 2.45) is 0 Å². The minimum absolute atomic E-state index is 0.243. The number of para-hydroxylation sites is 1. The molecule has 0 aliphatic carbocycles. The van der Waals surface area contributed by atoms with Crippen LogP contribution in [0.15, 0.2) is 45.5 Å². The number of carbonyl (C=O) groups is 2. The molecule has 0 unspecified atom stereocenters. The third-order valence-corrected chi connectivity index (χ3v) is 6.05. The molecular weight excluding hydrogens is 432 g/mol. The first-order valence-electron chi connectivity index (χ1n) is 10.4. The number of hydrogen-bond donors (Lipinski definition) is 2. The monoisotopic (exact) mass is 458 g/mol. The number of hydrazine groups is 1. The van der Waals surface area contributed by atoms with Crippen molar-refractivity contribution in [3.8, 4) is 5.75 Å². The SMILES string of the molecule is COc1cscc1C(=O)NNC(=O)OCCN1CCN(Cc2cc3ccccc3o2)CC1. The summed E-state index contributed by atoms with van der Waals surface area (Å²) in [5.41, 5.74) is 5.86. The van der Waals surface area contributed by atoms with Gasteiger partial charge in [-0.1, -0.05) is 18.2 Å². The second-order valence-electron chi connectivity index (χ2n) is 7.44. The summed E-state index contributed by atoms with van der Waals surface area (Å²) < 4.78 is 16.2. The highest BCUT2D eigenvalue weighted by Gasteiger charge is 2.19. The Balaban J connectivity index is 1.11. The van der Waals surface area contributed by atoms with Crippen LogP contribution in [0.4, 0.5) is 4.79 Å². The molecule has 9 nitrogen and oxygen atoms in total. The van der Waals surface area contributed by atoms with Crippen molar-refractivity contribution >= 4 is 34.3 Å². The average Bonchev–Trinajstić information content (AvgIpc) is 3.45. The molecule has 32 heavy (non-hydrogen) atoms. The van der Waals surface area contributed by atoms with Crippen molar-refractivity contribution in [1.82, 2.24) is 20.7 Å². The third-order valence-electron chi connectivity index (χ3n) is 5.33. The molecule has 2 amide bonds. The van der Waals surface area contributed by atoms with Gasteiger partial charge < -0.3 is 13.9 Å². The molecule has 1 aliphatic rings. The number of benzene rings is 1. The van der Waals surface area contributed by atoms with E-state index >= 15 is 0 Å². The Morgan fingerprint density at radius 1 is 1.09 bits per heavy atom. The number of amides is 2. The summed E-state index contributed by atoms with van der Waals surface area (Å²) in [5.74, 6) is 0.976. The zero-order chi connectivity index (χ0) is 22.3. The predicted molar refractivity (Wildman–Crippen MR) is 121 cm³/mol. The van der Waals surface area contributed by atoms with Crippen molar-refractivity contribution in [3.63, 3.8) is 0 Å². The summed E-state index contributed by atoms with van der Waals surface area (Å²) in [4.78, 5) is 28.5. The van der Waals surface area contributed by atoms with Gasteiger partial charge in [0, 0.05) is 48.9 Å². The molecule has 1 aromatic carbocycles. The van der Waals surface area contributed by atoms with Crippen LogP contribution in [0.2, 0.25) is 0 Å². The first-order valence-corrected chi connectivity index (χ1v) is 11.3. The normalized spacial score (nSPS) is 14.9. The maximum atomic E-state index is 12.0. The standard InChI is InChI=1S/C22H26N4O5S/c1-29-20-15-32-14-18(20)21(27)23-24-22(28)30-11-10-25-6-8-26(9-7-25)13-17-12-16-4-2-3-5-19(16)31-17/h2-5,12,14-15H,6-11,13H2,1H3,(H,23,27)(H,24,28). The first-order chi connectivity index (χ1) is 15.6. The Morgan fingerprint density at radius 2 is 1.88 bits per heavy atom. The van der Waals surface area contributed by atoms with Gasteiger partial charge in [0.15, 0.2) is 0 Å². The van der Waals surface area contributed by atoms with Gasteiger partial charge in [-0.05, 0) is 12.1 Å². The van der Waals surface area contributed by atoms with Crippen LogP contribution in [0, 0.1) is 0 Å². The molecule has 1 aliphatic heterocycles. The van der Waals surface area contributed by atoms with Gasteiger partial charge in [-0.2, -0.15) is 0 Å². The van der Waals surface area contributed by atoms with E-state index in [1.54, 1.807) is 10.8 Å². The summed E-state index contributed by atoms with van der Waals surface area (Å²) >= 11 is 1.34. The van der Waals surface area contributed by atoms with E-state index in [1.807, 2.05) is 18.2 Å². The van der Waals surface area contributed by atoms with Crippen LogP contribution in [0.25, 0.3) is 11.0 Å². The molecule has 2 aromatic heterocycles. The number of methoxy groups -OCH3 is 1. The maximum absolute atomic E-state index is 12.0. The number of piperazine rings is 1. The summed E-state index contributed by atoms with van der Waals surface area (Å²) in [5, 5.41) is 4.49. The summed E-state index contributed by atoms with van der Waals surface area (Å²) in [7, 11) is 1.49. The predicted octanol–water partition coefficient (Wildman–Crippen LogP) is 2.69. The van der Waals surface area contributed by atoms with E-state index < -0.39 is 12.0 Å². The van der Waals surface area contributed by atoms with Gasteiger partial charge in [-0.3, -0.25) is 20.0 Å². The molecule has 0 bridgehead atoms. The van der Waals surface area contributed by atoms with Crippen molar-refractivity contribution in [2.45, 2.75) is 6.54 Å². The molecular formula is C22H26N4O5S. The van der Waals surface area contributed by atoms with Crippen molar-refractivity contribution in [3.05, 3.63) is 52.4 Å². The van der Waals surface area contributed by atoms with Crippen LogP contribution < -0.4 is 15.6 Å². The molecule has 0 saturated carbocycles. The van der Waals surface area contributed by atoms with Gasteiger partial charge in [-0.15, -0.1) is 11.3 Å². The number of nitrogens with zero attached hydrogens (tertiary/aromatic N) is 2. The van der Waals surface area contributed by atoms with E-state index in [9.17, 15) is 9.59 Å². The summed E-state index contributed by atoms with van der Waals surface area (Å²) in [6, 6.07) is 10.1. The molecule has 4 rings (SSSR count). The zero-order valence-corrected chi connectivity index (χ0v) is 18.7. The largest absolute Gasteiger partial charge is 0.495 e. The van der Waals surface area contributed by atoms with Crippen molar-refractivity contribution < 1.29 is 23.5 Å². The van der Waals surface area contributed by atoms with Crippen LogP contribution in [0.5, 0.6) is 5.75 Å². The quantitative estimate of drug-likeness (QED) is 0.526. The fourth-order valence-electron chi connectivity index (χ4n) is 3.59. The molecule has 1 fully saturated rings. The fourth-order valence-corrected chi connectivity index (χ4v) is 4.37. The highest BCUT2D eigenvalue weighted by atomic mass is 32.1. The number of hydrogen-bond acceptors (Lipinski definition) is 8. The molecule has 0 radical (unpaired) electrons. The van der Waals surface area contributed by atoms with Crippen molar-refractivity contribution in [1.29, 1.82) is 0 Å². The van der Waals surface area contributed by atoms with Gasteiger partial charge in [0.1, 0.15) is 23.7 Å². The molecule has 1 saturated heterocycles. The van der Waals surface area contributed by atoms with E-state index in [1.165, 1.54) is 18.4 Å². The summed E-state index contributed by atoms with van der Waals surface area (Å²) in [6.45, 7) is 5.28. The van der Waals surface area contributed by atoms with Crippen LogP contribution in [-0.4, -0.2) is 68.2 Å². The Labute approximate surface area is 189 Å². The van der Waals surface area contributed by atoms with Gasteiger partial charge in [0.25, 0.3) is 5.91 Å². The van der Waals surface area contributed by atoms with Gasteiger partial charge in [0.2, 0.25) is 0 Å². The van der Waals surface area contributed by atoms with Gasteiger partial charge in [0.05, 0.1) is 19.2 Å². The van der Waals surface area contributed by atoms with Crippen LogP contribution in [-0.2, 0) is 11.3 Å². The average molecular weight is 459 g/mol. The number of ether oxygens (including phenoxy) is 2. The topological polar surface area (TPSA) is 96.3 Å². The van der Waals surface area contributed by atoms with Crippen LogP contribution in [0.1, 0.15) is 16.1 Å². The number of furan rings is 1. The third kappa shape index (κ3) is 5.58. The molecule has 3 aromatic rings. The maximum Gasteiger partial charge on any atom is 0.426 e. The van der Waals surface area contributed by atoms with Crippen molar-refractivity contribution in [2.75, 3.05) is 46.4 Å². The smallest absolute Gasteiger partial charge is 0.426 e. The van der Waals surface area contributed by atoms with E-state index in [0.29, 0.717) is 17.9 Å². The van der Waals surface area contributed by atoms with E-state index in [4.69, 9.17) is 13.9 Å². The highest BCUT2D eigenvalue weighted by Crippen LogP contribution is 2.22. The molecule has 170 valence electrons. The minimum Gasteiger partial charge on any atom is -0.495 e. The van der Waals surface area contributed by atoms with Gasteiger partial charge in [-0.25, -0.2) is 10.2 Å². The van der Waals surface area contributed by atoms with Crippen LogP contribution in [0.3, 0.4) is 0 Å². The van der Waals surface area contributed by atoms with E-state index in [2.05, 4.69) is 32.8 Å². The number of fused-ring (bicyclic) bond motifs is 1. The lowest BCUT2D eigenvalue weighted by Gasteiger charge is -2.33.